The van der Waals surface area contributed by atoms with Crippen LogP contribution in [0, 0.1) is 11.7 Å². The lowest BCUT2D eigenvalue weighted by atomic mass is 9.88. The molecule has 1 saturated heterocycles. The van der Waals surface area contributed by atoms with E-state index in [1.165, 1.54) is 31.4 Å². The van der Waals surface area contributed by atoms with Crippen LogP contribution in [0.1, 0.15) is 45.4 Å². The summed E-state index contributed by atoms with van der Waals surface area (Å²) in [6, 6.07) is 6.22. The van der Waals surface area contributed by atoms with Crippen LogP contribution >= 0.6 is 24.0 Å². The quantitative estimate of drug-likeness (QED) is 0.334. The largest absolute Gasteiger partial charge is 0.489 e. The molecule has 1 saturated carbocycles. The highest BCUT2D eigenvalue weighted by molar-refractivity contribution is 14.0. The third-order valence-corrected chi connectivity index (χ3v) is 5.73. The van der Waals surface area contributed by atoms with Gasteiger partial charge in [0.15, 0.2) is 5.96 Å². The van der Waals surface area contributed by atoms with Crippen molar-refractivity contribution >= 4 is 35.8 Å². The van der Waals surface area contributed by atoms with Gasteiger partial charge in [0.2, 0.25) is 5.91 Å². The number of rotatable bonds is 6. The fraction of sp³-hybridized carbons (Fsp3) is 0.636. The number of halogens is 2. The van der Waals surface area contributed by atoms with Crippen LogP contribution in [0.2, 0.25) is 0 Å². The Labute approximate surface area is 196 Å². The maximum Gasteiger partial charge on any atom is 0.225 e. The van der Waals surface area contributed by atoms with E-state index in [2.05, 4.69) is 15.6 Å². The molecule has 8 heteroatoms. The van der Waals surface area contributed by atoms with Gasteiger partial charge in [0, 0.05) is 32.1 Å². The molecule has 2 atom stereocenters. The number of ether oxygens (including phenoxy) is 1. The first-order valence-corrected chi connectivity index (χ1v) is 10.7. The number of aliphatic imine (C=N–C) groups is 1. The Morgan fingerprint density at radius 3 is 2.60 bits per heavy atom. The molecule has 1 aromatic carbocycles. The molecule has 3 rings (SSSR count). The van der Waals surface area contributed by atoms with Crippen LogP contribution in [-0.4, -0.2) is 55.6 Å². The van der Waals surface area contributed by atoms with Crippen molar-refractivity contribution in [3.05, 3.63) is 30.1 Å². The van der Waals surface area contributed by atoms with Gasteiger partial charge in [-0.15, -0.1) is 24.0 Å². The van der Waals surface area contributed by atoms with Crippen LogP contribution in [0.3, 0.4) is 0 Å². The fourth-order valence-electron chi connectivity index (χ4n) is 4.10. The number of hydrogen-bond donors (Lipinski definition) is 2. The van der Waals surface area contributed by atoms with Crippen LogP contribution < -0.4 is 15.4 Å². The molecule has 1 aliphatic carbocycles. The van der Waals surface area contributed by atoms with Gasteiger partial charge in [-0.3, -0.25) is 9.79 Å². The lowest BCUT2D eigenvalue weighted by Crippen LogP contribution is -2.47. The van der Waals surface area contributed by atoms with E-state index in [4.69, 9.17) is 4.74 Å². The molecular formula is C22H34FIN4O2. The summed E-state index contributed by atoms with van der Waals surface area (Å²) in [6.07, 6.45) is 6.54. The molecule has 1 heterocycles. The molecule has 1 aromatic rings. The Balaban J connectivity index is 0.00000320. The smallest absolute Gasteiger partial charge is 0.225 e. The van der Waals surface area contributed by atoms with Crippen molar-refractivity contribution in [1.29, 1.82) is 0 Å². The first-order chi connectivity index (χ1) is 14.0. The van der Waals surface area contributed by atoms with Crippen LogP contribution in [0.5, 0.6) is 5.75 Å². The second-order valence-electron chi connectivity index (χ2n) is 8.08. The van der Waals surface area contributed by atoms with Gasteiger partial charge in [-0.2, -0.15) is 0 Å². The fourth-order valence-corrected chi connectivity index (χ4v) is 4.10. The van der Waals surface area contributed by atoms with Crippen molar-refractivity contribution in [3.8, 4) is 5.75 Å². The average Bonchev–Trinajstić information content (AvgIpc) is 3.21. The maximum absolute atomic E-state index is 13.0. The number of nitrogens with one attached hydrogen (secondary N) is 2. The molecule has 30 heavy (non-hydrogen) atoms. The highest BCUT2D eigenvalue weighted by Gasteiger charge is 2.31. The van der Waals surface area contributed by atoms with E-state index in [-0.39, 0.29) is 47.9 Å². The summed E-state index contributed by atoms with van der Waals surface area (Å²) < 4.78 is 18.8. The Bertz CT molecular complexity index is 695. The minimum absolute atomic E-state index is 0. The zero-order valence-electron chi connectivity index (χ0n) is 17.9. The van der Waals surface area contributed by atoms with Crippen molar-refractivity contribution in [2.24, 2.45) is 10.9 Å². The molecule has 1 aliphatic heterocycles. The van der Waals surface area contributed by atoms with Gasteiger partial charge in [0.25, 0.3) is 0 Å². The minimum Gasteiger partial charge on any atom is -0.489 e. The molecule has 0 spiro atoms. The number of benzene rings is 1. The Kier molecular flexibility index (Phi) is 10.1. The number of nitrogens with zero attached hydrogens (tertiary/aromatic N) is 2. The standard InChI is InChI=1S/C22H33FN4O2.HI/c1-16(29-20-10-8-18(23)9-11-20)14-25-22(24-2)26-19-12-13-27(15-19)21(28)17-6-4-3-5-7-17;/h8-11,16-17,19H,3-7,12-15H2,1-2H3,(H2,24,25,26);1H. The molecule has 0 aromatic heterocycles. The highest BCUT2D eigenvalue weighted by atomic mass is 127. The second-order valence-corrected chi connectivity index (χ2v) is 8.08. The predicted octanol–water partition coefficient (Wildman–Crippen LogP) is 3.56. The first-order valence-electron chi connectivity index (χ1n) is 10.7. The Hall–Kier alpha value is -1.58. The molecule has 0 bridgehead atoms. The third kappa shape index (κ3) is 7.28. The van der Waals surface area contributed by atoms with E-state index in [1.54, 1.807) is 19.2 Å². The summed E-state index contributed by atoms with van der Waals surface area (Å²) in [5.74, 6) is 1.62. The molecule has 0 radical (unpaired) electrons. The van der Waals surface area contributed by atoms with Crippen LogP contribution in [-0.2, 0) is 4.79 Å². The topological polar surface area (TPSA) is 66.0 Å². The molecule has 2 unspecified atom stereocenters. The van der Waals surface area contributed by atoms with E-state index >= 15 is 0 Å². The van der Waals surface area contributed by atoms with Gasteiger partial charge in [0.1, 0.15) is 17.7 Å². The first kappa shape index (κ1) is 24.7. The Morgan fingerprint density at radius 2 is 1.93 bits per heavy atom. The second kappa shape index (κ2) is 12.3. The van der Waals surface area contributed by atoms with Gasteiger partial charge in [-0.1, -0.05) is 19.3 Å². The molecule has 2 N–H and O–H groups in total. The molecular weight excluding hydrogens is 498 g/mol. The normalized spacial score (nSPS) is 21.0. The van der Waals surface area contributed by atoms with E-state index in [1.807, 2.05) is 11.8 Å². The highest BCUT2D eigenvalue weighted by Crippen LogP contribution is 2.26. The predicted molar refractivity (Wildman–Crippen MR) is 128 cm³/mol. The number of amides is 1. The van der Waals surface area contributed by atoms with E-state index in [0.717, 1.165) is 32.4 Å². The summed E-state index contributed by atoms with van der Waals surface area (Å²) >= 11 is 0. The van der Waals surface area contributed by atoms with Crippen molar-refractivity contribution in [1.82, 2.24) is 15.5 Å². The summed E-state index contributed by atoms with van der Waals surface area (Å²) in [6.45, 7) is 4.06. The van der Waals surface area contributed by atoms with Crippen molar-refractivity contribution < 1.29 is 13.9 Å². The SMILES string of the molecule is CN=C(NCC(C)Oc1ccc(F)cc1)NC1CCN(C(=O)C2CCCCC2)C1.I. The van der Waals surface area contributed by atoms with Gasteiger partial charge in [-0.25, -0.2) is 4.39 Å². The summed E-state index contributed by atoms with van der Waals surface area (Å²) in [5, 5.41) is 6.69. The van der Waals surface area contributed by atoms with Gasteiger partial charge >= 0.3 is 0 Å². The van der Waals surface area contributed by atoms with Gasteiger partial charge < -0.3 is 20.3 Å². The maximum atomic E-state index is 13.0. The number of carbonyl (C=O) groups excluding carboxylic acids is 1. The number of guanidine groups is 1. The van der Waals surface area contributed by atoms with E-state index in [9.17, 15) is 9.18 Å². The van der Waals surface area contributed by atoms with Crippen LogP contribution in [0.25, 0.3) is 0 Å². The lowest BCUT2D eigenvalue weighted by Gasteiger charge is -2.26. The molecule has 2 fully saturated rings. The molecule has 6 nitrogen and oxygen atoms in total. The minimum atomic E-state index is -0.277. The molecule has 168 valence electrons. The van der Waals surface area contributed by atoms with E-state index in [0.29, 0.717) is 24.2 Å². The zero-order chi connectivity index (χ0) is 20.6. The van der Waals surface area contributed by atoms with Crippen LogP contribution in [0.15, 0.2) is 29.3 Å². The monoisotopic (exact) mass is 532 g/mol. The van der Waals surface area contributed by atoms with Gasteiger partial charge in [-0.05, 0) is 50.5 Å². The van der Waals surface area contributed by atoms with Crippen molar-refractivity contribution in [3.63, 3.8) is 0 Å². The Morgan fingerprint density at radius 1 is 1.23 bits per heavy atom. The lowest BCUT2D eigenvalue weighted by molar-refractivity contribution is -0.135. The summed E-state index contributed by atoms with van der Waals surface area (Å²) in [5.41, 5.74) is 0. The van der Waals surface area contributed by atoms with Crippen molar-refractivity contribution in [2.75, 3.05) is 26.7 Å². The molecule has 1 amide bonds. The number of carbonyl (C=O) groups is 1. The van der Waals surface area contributed by atoms with Crippen molar-refractivity contribution in [2.45, 2.75) is 57.6 Å². The average molecular weight is 532 g/mol. The zero-order valence-corrected chi connectivity index (χ0v) is 20.2. The third-order valence-electron chi connectivity index (χ3n) is 5.73. The summed E-state index contributed by atoms with van der Waals surface area (Å²) in [7, 11) is 1.74. The summed E-state index contributed by atoms with van der Waals surface area (Å²) in [4.78, 5) is 19.0. The van der Waals surface area contributed by atoms with E-state index < -0.39 is 0 Å². The van der Waals surface area contributed by atoms with Gasteiger partial charge in [0.05, 0.1) is 6.54 Å². The van der Waals surface area contributed by atoms with Crippen LogP contribution in [0.4, 0.5) is 4.39 Å². The number of likely N-dealkylation sites (tertiary alicyclic amines) is 1. The molecule has 2 aliphatic rings. The number of hydrogen-bond acceptors (Lipinski definition) is 3.